The average molecular weight is 190 g/mol. The topological polar surface area (TPSA) is 29.3 Å². The predicted octanol–water partition coefficient (Wildman–Crippen LogP) is 1.92. The molecule has 0 aromatic heterocycles. The number of benzene rings is 1. The highest BCUT2D eigenvalue weighted by atomic mass is 15.2. The van der Waals surface area contributed by atoms with Crippen molar-refractivity contribution in [3.8, 4) is 0 Å². The summed E-state index contributed by atoms with van der Waals surface area (Å²) in [5.41, 5.74) is 8.49. The number of para-hydroxylation sites is 1. The van der Waals surface area contributed by atoms with E-state index < -0.39 is 0 Å². The van der Waals surface area contributed by atoms with E-state index in [1.807, 2.05) is 0 Å². The Morgan fingerprint density at radius 1 is 1.43 bits per heavy atom. The summed E-state index contributed by atoms with van der Waals surface area (Å²) in [6.45, 7) is 4.10. The van der Waals surface area contributed by atoms with Crippen LogP contribution in [0, 0.1) is 6.92 Å². The second-order valence-electron chi connectivity index (χ2n) is 4.01. The number of hydrogen-bond acceptors (Lipinski definition) is 2. The van der Waals surface area contributed by atoms with E-state index in [1.165, 1.54) is 24.1 Å². The zero-order chi connectivity index (χ0) is 9.97. The zero-order valence-electron chi connectivity index (χ0n) is 8.74. The molecule has 1 aliphatic rings. The van der Waals surface area contributed by atoms with Gasteiger partial charge in [0.05, 0.1) is 0 Å². The molecule has 76 valence electrons. The summed E-state index contributed by atoms with van der Waals surface area (Å²) >= 11 is 0. The van der Waals surface area contributed by atoms with E-state index in [0.29, 0.717) is 6.04 Å². The van der Waals surface area contributed by atoms with Gasteiger partial charge in [0.15, 0.2) is 0 Å². The molecule has 1 aromatic carbocycles. The van der Waals surface area contributed by atoms with E-state index in [2.05, 4.69) is 36.1 Å². The normalized spacial score (nSPS) is 21.6. The largest absolute Gasteiger partial charge is 0.367 e. The van der Waals surface area contributed by atoms with Crippen molar-refractivity contribution < 1.29 is 0 Å². The third kappa shape index (κ3) is 1.62. The highest BCUT2D eigenvalue weighted by Gasteiger charge is 2.23. The van der Waals surface area contributed by atoms with Gasteiger partial charge in [0.25, 0.3) is 0 Å². The average Bonchev–Trinajstić information content (AvgIpc) is 2.66. The van der Waals surface area contributed by atoms with Crippen molar-refractivity contribution in [2.24, 2.45) is 5.73 Å². The molecule has 2 heteroatoms. The van der Waals surface area contributed by atoms with E-state index >= 15 is 0 Å². The van der Waals surface area contributed by atoms with Crippen molar-refractivity contribution in [2.45, 2.75) is 25.8 Å². The van der Waals surface area contributed by atoms with Crippen molar-refractivity contribution in [3.63, 3.8) is 0 Å². The maximum atomic E-state index is 5.77. The van der Waals surface area contributed by atoms with Gasteiger partial charge in [-0.15, -0.1) is 0 Å². The number of nitrogens with zero attached hydrogens (tertiary/aromatic N) is 1. The Kier molecular flexibility index (Phi) is 2.73. The maximum absolute atomic E-state index is 5.77. The minimum atomic E-state index is 0.552. The Bertz CT molecular complexity index is 309. The van der Waals surface area contributed by atoms with Crippen molar-refractivity contribution in [1.29, 1.82) is 0 Å². The molecule has 0 spiro atoms. The SMILES string of the molecule is Cc1ccccc1N1CCC[C@H]1CN. The highest BCUT2D eigenvalue weighted by Crippen LogP contribution is 2.27. The van der Waals surface area contributed by atoms with Gasteiger partial charge >= 0.3 is 0 Å². The molecule has 1 aliphatic heterocycles. The highest BCUT2D eigenvalue weighted by molar-refractivity contribution is 5.54. The Morgan fingerprint density at radius 2 is 2.21 bits per heavy atom. The number of nitrogens with two attached hydrogens (primary N) is 1. The number of aryl methyl sites for hydroxylation is 1. The van der Waals surface area contributed by atoms with Crippen LogP contribution in [0.5, 0.6) is 0 Å². The zero-order valence-corrected chi connectivity index (χ0v) is 8.74. The Hall–Kier alpha value is -1.02. The molecular formula is C12H18N2. The van der Waals surface area contributed by atoms with E-state index in [4.69, 9.17) is 5.73 Å². The monoisotopic (exact) mass is 190 g/mol. The third-order valence-electron chi connectivity index (χ3n) is 3.07. The lowest BCUT2D eigenvalue weighted by molar-refractivity contribution is 0.676. The van der Waals surface area contributed by atoms with Crippen LogP contribution < -0.4 is 10.6 Å². The van der Waals surface area contributed by atoms with Gasteiger partial charge in [-0.1, -0.05) is 18.2 Å². The molecule has 0 amide bonds. The van der Waals surface area contributed by atoms with Gasteiger partial charge < -0.3 is 10.6 Å². The van der Waals surface area contributed by atoms with Gasteiger partial charge in [-0.25, -0.2) is 0 Å². The van der Waals surface area contributed by atoms with E-state index in [9.17, 15) is 0 Å². The first kappa shape index (κ1) is 9.53. The van der Waals surface area contributed by atoms with Crippen LogP contribution in [0.4, 0.5) is 5.69 Å². The molecule has 0 radical (unpaired) electrons. The Morgan fingerprint density at radius 3 is 2.93 bits per heavy atom. The molecule has 1 atom stereocenters. The minimum absolute atomic E-state index is 0.552. The van der Waals surface area contributed by atoms with E-state index in [1.54, 1.807) is 0 Å². The van der Waals surface area contributed by atoms with Gasteiger partial charge in [0.1, 0.15) is 0 Å². The van der Waals surface area contributed by atoms with Gasteiger partial charge in [-0.05, 0) is 31.4 Å². The summed E-state index contributed by atoms with van der Waals surface area (Å²) < 4.78 is 0. The fourth-order valence-electron chi connectivity index (χ4n) is 2.28. The van der Waals surface area contributed by atoms with Crippen LogP contribution in [0.25, 0.3) is 0 Å². The van der Waals surface area contributed by atoms with Crippen molar-refractivity contribution in [2.75, 3.05) is 18.0 Å². The molecule has 1 saturated heterocycles. The lowest BCUT2D eigenvalue weighted by Crippen LogP contribution is -2.35. The summed E-state index contributed by atoms with van der Waals surface area (Å²) in [5, 5.41) is 0. The third-order valence-corrected chi connectivity index (χ3v) is 3.07. The minimum Gasteiger partial charge on any atom is -0.367 e. The fraction of sp³-hybridized carbons (Fsp3) is 0.500. The van der Waals surface area contributed by atoms with Crippen LogP contribution >= 0.6 is 0 Å². The van der Waals surface area contributed by atoms with Gasteiger partial charge in [0.2, 0.25) is 0 Å². The molecule has 0 aliphatic carbocycles. The van der Waals surface area contributed by atoms with Crippen molar-refractivity contribution in [1.82, 2.24) is 0 Å². The summed E-state index contributed by atoms with van der Waals surface area (Å²) in [4.78, 5) is 2.45. The molecule has 1 aromatic rings. The first-order valence-electron chi connectivity index (χ1n) is 5.35. The quantitative estimate of drug-likeness (QED) is 0.772. The summed E-state index contributed by atoms with van der Waals surface area (Å²) in [6, 6.07) is 9.11. The Balaban J connectivity index is 2.26. The molecule has 2 nitrogen and oxygen atoms in total. The van der Waals surface area contributed by atoms with Gasteiger partial charge in [-0.2, -0.15) is 0 Å². The lowest BCUT2D eigenvalue weighted by atomic mass is 10.1. The molecular weight excluding hydrogens is 172 g/mol. The molecule has 0 saturated carbocycles. The van der Waals surface area contributed by atoms with Crippen molar-refractivity contribution >= 4 is 5.69 Å². The summed E-state index contributed by atoms with van der Waals surface area (Å²) in [6.07, 6.45) is 2.51. The summed E-state index contributed by atoms with van der Waals surface area (Å²) in [7, 11) is 0. The molecule has 2 N–H and O–H groups in total. The van der Waals surface area contributed by atoms with Crippen LogP contribution in [0.2, 0.25) is 0 Å². The Labute approximate surface area is 85.7 Å². The number of rotatable bonds is 2. The van der Waals surface area contributed by atoms with Crippen LogP contribution in [0.1, 0.15) is 18.4 Å². The molecule has 1 heterocycles. The van der Waals surface area contributed by atoms with Crippen LogP contribution in [-0.4, -0.2) is 19.1 Å². The maximum Gasteiger partial charge on any atom is 0.0413 e. The molecule has 2 rings (SSSR count). The van der Waals surface area contributed by atoms with Gasteiger partial charge in [-0.3, -0.25) is 0 Å². The molecule has 14 heavy (non-hydrogen) atoms. The fourth-order valence-corrected chi connectivity index (χ4v) is 2.28. The van der Waals surface area contributed by atoms with E-state index in [0.717, 1.165) is 13.1 Å². The molecule has 0 unspecified atom stereocenters. The predicted molar refractivity (Wildman–Crippen MR) is 60.6 cm³/mol. The first-order valence-corrected chi connectivity index (χ1v) is 5.35. The van der Waals surface area contributed by atoms with Crippen LogP contribution in [0.3, 0.4) is 0 Å². The van der Waals surface area contributed by atoms with Crippen LogP contribution in [-0.2, 0) is 0 Å². The molecule has 1 fully saturated rings. The van der Waals surface area contributed by atoms with E-state index in [-0.39, 0.29) is 0 Å². The first-order chi connectivity index (χ1) is 6.83. The molecule has 0 bridgehead atoms. The standard InChI is InChI=1S/C12H18N2/c1-10-5-2-3-7-12(10)14-8-4-6-11(14)9-13/h2-3,5,7,11H,4,6,8-9,13H2,1H3/t11-/m0/s1. The van der Waals surface area contributed by atoms with Crippen molar-refractivity contribution in [3.05, 3.63) is 29.8 Å². The smallest absolute Gasteiger partial charge is 0.0413 e. The summed E-state index contributed by atoms with van der Waals surface area (Å²) in [5.74, 6) is 0. The number of anilines is 1. The second kappa shape index (κ2) is 4.01. The van der Waals surface area contributed by atoms with Crippen LogP contribution in [0.15, 0.2) is 24.3 Å². The van der Waals surface area contributed by atoms with Gasteiger partial charge in [0, 0.05) is 24.8 Å². The number of hydrogen-bond donors (Lipinski definition) is 1. The lowest BCUT2D eigenvalue weighted by Gasteiger charge is -2.27. The second-order valence-corrected chi connectivity index (χ2v) is 4.01.